The lowest BCUT2D eigenvalue weighted by Crippen LogP contribution is -2.34. The van der Waals surface area contributed by atoms with Gasteiger partial charge in [0.15, 0.2) is 0 Å². The molecule has 0 spiro atoms. The molecule has 3 aromatic heterocycles. The van der Waals surface area contributed by atoms with Gasteiger partial charge in [-0.3, -0.25) is 14.5 Å². The number of carbonyl (C=O) groups excluding carboxylic acids is 1. The number of thiophene rings is 1. The fourth-order valence-corrected chi connectivity index (χ4v) is 5.90. The number of nitrogens with zero attached hydrogens (tertiary/aromatic N) is 3. The molecule has 35 heavy (non-hydrogen) atoms. The Kier molecular flexibility index (Phi) is 6.75. The van der Waals surface area contributed by atoms with Crippen LogP contribution in [-0.2, 0) is 20.1 Å². The second kappa shape index (κ2) is 9.94. The SMILES string of the molecule is Cn1cc(C(=O)NCc2ccc(Cl)cc2)c(=O)c2cc(CN3CCCC3[C@@H](O)c3ncc[nH]3)sc21. The van der Waals surface area contributed by atoms with Gasteiger partial charge < -0.3 is 20.0 Å². The predicted octanol–water partition coefficient (Wildman–Crippen LogP) is 3.60. The molecule has 182 valence electrons. The molecule has 10 heteroatoms. The number of aliphatic hydroxyl groups excluding tert-OH is 1. The van der Waals surface area contributed by atoms with Gasteiger partial charge in [-0.2, -0.15) is 0 Å². The van der Waals surface area contributed by atoms with E-state index in [2.05, 4.69) is 20.2 Å². The first-order valence-electron chi connectivity index (χ1n) is 11.5. The fourth-order valence-electron chi connectivity index (χ4n) is 4.66. The molecule has 1 amide bonds. The van der Waals surface area contributed by atoms with Crippen molar-refractivity contribution in [2.75, 3.05) is 6.54 Å². The van der Waals surface area contributed by atoms with E-state index >= 15 is 0 Å². The van der Waals surface area contributed by atoms with E-state index in [1.165, 1.54) is 0 Å². The molecule has 1 saturated heterocycles. The molecular weight excluding hydrogens is 486 g/mol. The number of likely N-dealkylation sites (tertiary alicyclic amines) is 1. The number of aromatic nitrogens is 3. The number of benzene rings is 1. The lowest BCUT2D eigenvalue weighted by atomic mass is 10.1. The Morgan fingerprint density at radius 1 is 1.37 bits per heavy atom. The quantitative estimate of drug-likeness (QED) is 0.352. The zero-order valence-corrected chi connectivity index (χ0v) is 20.8. The summed E-state index contributed by atoms with van der Waals surface area (Å²) in [5.41, 5.74) is 0.740. The number of aliphatic hydroxyl groups is 1. The van der Waals surface area contributed by atoms with Crippen LogP contribution in [0.1, 0.15) is 45.6 Å². The largest absolute Gasteiger partial charge is 0.384 e. The zero-order valence-electron chi connectivity index (χ0n) is 19.2. The first-order chi connectivity index (χ1) is 16.9. The fraction of sp³-hybridized carbons (Fsp3) is 0.320. The number of pyridine rings is 1. The summed E-state index contributed by atoms with van der Waals surface area (Å²) in [6.07, 6.45) is 6.13. The summed E-state index contributed by atoms with van der Waals surface area (Å²) in [6, 6.07) is 9.04. The van der Waals surface area contributed by atoms with Crippen molar-refractivity contribution in [1.29, 1.82) is 0 Å². The molecule has 4 aromatic rings. The van der Waals surface area contributed by atoms with Crippen LogP contribution in [-0.4, -0.2) is 43.0 Å². The predicted molar refractivity (Wildman–Crippen MR) is 137 cm³/mol. The molecule has 0 radical (unpaired) electrons. The first kappa shape index (κ1) is 23.7. The van der Waals surface area contributed by atoms with Gasteiger partial charge in [0.25, 0.3) is 5.91 Å². The van der Waals surface area contributed by atoms with Crippen molar-refractivity contribution < 1.29 is 9.90 Å². The first-order valence-corrected chi connectivity index (χ1v) is 12.7. The maximum atomic E-state index is 13.2. The van der Waals surface area contributed by atoms with E-state index in [1.807, 2.05) is 29.8 Å². The lowest BCUT2D eigenvalue weighted by Gasteiger charge is -2.27. The topological polar surface area (TPSA) is 103 Å². The maximum Gasteiger partial charge on any atom is 0.257 e. The van der Waals surface area contributed by atoms with Crippen LogP contribution >= 0.6 is 22.9 Å². The van der Waals surface area contributed by atoms with Crippen LogP contribution in [0.2, 0.25) is 5.02 Å². The van der Waals surface area contributed by atoms with E-state index in [0.717, 1.165) is 34.7 Å². The Morgan fingerprint density at radius 2 is 2.17 bits per heavy atom. The number of carbonyl (C=O) groups is 1. The lowest BCUT2D eigenvalue weighted by molar-refractivity contribution is 0.0635. The number of aryl methyl sites for hydroxylation is 1. The number of amides is 1. The Morgan fingerprint density at radius 3 is 2.91 bits per heavy atom. The maximum absolute atomic E-state index is 13.2. The summed E-state index contributed by atoms with van der Waals surface area (Å²) in [5.74, 6) is 0.164. The average Bonchev–Trinajstić information content (AvgIpc) is 3.62. The molecule has 2 atom stereocenters. The molecule has 1 aliphatic heterocycles. The minimum atomic E-state index is -0.691. The number of hydrogen-bond acceptors (Lipinski definition) is 6. The van der Waals surface area contributed by atoms with Crippen molar-refractivity contribution in [2.24, 2.45) is 7.05 Å². The smallest absolute Gasteiger partial charge is 0.257 e. The molecule has 1 fully saturated rings. The molecule has 1 aliphatic rings. The van der Waals surface area contributed by atoms with Gasteiger partial charge in [0.05, 0.1) is 5.39 Å². The molecule has 0 saturated carbocycles. The summed E-state index contributed by atoms with van der Waals surface area (Å²) in [6.45, 7) is 1.80. The number of rotatable bonds is 7. The zero-order chi connectivity index (χ0) is 24.5. The van der Waals surface area contributed by atoms with Crippen LogP contribution in [0.4, 0.5) is 0 Å². The van der Waals surface area contributed by atoms with Crippen LogP contribution < -0.4 is 10.7 Å². The van der Waals surface area contributed by atoms with Crippen molar-refractivity contribution in [1.82, 2.24) is 24.8 Å². The second-order valence-corrected chi connectivity index (χ2v) is 10.4. The molecule has 1 aromatic carbocycles. The van der Waals surface area contributed by atoms with E-state index in [0.29, 0.717) is 29.3 Å². The van der Waals surface area contributed by atoms with Crippen molar-refractivity contribution in [3.63, 3.8) is 0 Å². The van der Waals surface area contributed by atoms with Crippen LogP contribution in [0.5, 0.6) is 0 Å². The third-order valence-electron chi connectivity index (χ3n) is 6.44. The highest BCUT2D eigenvalue weighted by molar-refractivity contribution is 7.18. The van der Waals surface area contributed by atoms with Gasteiger partial charge in [0.2, 0.25) is 5.43 Å². The van der Waals surface area contributed by atoms with E-state index in [1.54, 1.807) is 42.1 Å². The van der Waals surface area contributed by atoms with Crippen molar-refractivity contribution in [3.8, 4) is 0 Å². The molecule has 1 unspecified atom stereocenters. The summed E-state index contributed by atoms with van der Waals surface area (Å²) in [5, 5.41) is 14.8. The van der Waals surface area contributed by atoms with Gasteiger partial charge in [-0.15, -0.1) is 11.3 Å². The molecule has 3 N–H and O–H groups in total. The highest BCUT2D eigenvalue weighted by Gasteiger charge is 2.33. The second-order valence-electron chi connectivity index (χ2n) is 8.82. The van der Waals surface area contributed by atoms with E-state index < -0.39 is 12.0 Å². The average molecular weight is 512 g/mol. The third-order valence-corrected chi connectivity index (χ3v) is 7.91. The normalized spacial score (nSPS) is 17.2. The number of fused-ring (bicyclic) bond motifs is 1. The van der Waals surface area contributed by atoms with Crippen molar-refractivity contribution in [3.05, 3.63) is 86.0 Å². The minimum Gasteiger partial charge on any atom is -0.384 e. The Bertz CT molecular complexity index is 1400. The number of halogens is 1. The minimum absolute atomic E-state index is 0.0407. The van der Waals surface area contributed by atoms with E-state index in [9.17, 15) is 14.7 Å². The van der Waals surface area contributed by atoms with Gasteiger partial charge >= 0.3 is 0 Å². The number of H-pyrrole nitrogens is 1. The number of hydrogen-bond donors (Lipinski definition) is 3. The molecular formula is C25H26ClN5O3S. The third kappa shape index (κ3) is 4.90. The molecule has 5 rings (SSSR count). The van der Waals surface area contributed by atoms with Crippen LogP contribution in [0.25, 0.3) is 10.2 Å². The van der Waals surface area contributed by atoms with E-state index in [4.69, 9.17) is 11.6 Å². The molecule has 4 heterocycles. The van der Waals surface area contributed by atoms with Gasteiger partial charge in [0, 0.05) is 54.7 Å². The van der Waals surface area contributed by atoms with Crippen LogP contribution in [0.3, 0.4) is 0 Å². The van der Waals surface area contributed by atoms with Crippen LogP contribution in [0.15, 0.2) is 53.7 Å². The van der Waals surface area contributed by atoms with Crippen molar-refractivity contribution in [2.45, 2.75) is 38.1 Å². The Labute approximate surface area is 211 Å². The Balaban J connectivity index is 1.35. The summed E-state index contributed by atoms with van der Waals surface area (Å²) in [7, 11) is 1.84. The monoisotopic (exact) mass is 511 g/mol. The number of imidazole rings is 1. The van der Waals surface area contributed by atoms with Gasteiger partial charge in [0.1, 0.15) is 22.3 Å². The summed E-state index contributed by atoms with van der Waals surface area (Å²) >= 11 is 7.46. The Hall–Kier alpha value is -2.98. The van der Waals surface area contributed by atoms with Crippen molar-refractivity contribution >= 4 is 39.1 Å². The standard InChI is InChI=1S/C25H26ClN5O3S/c1-30-14-19(24(34)29-12-15-4-6-16(26)7-5-15)21(32)18-11-17(35-25(18)30)13-31-10-2-3-20(31)22(33)23-27-8-9-28-23/h4-9,11,14,20,22,33H,2-3,10,12-13H2,1H3,(H,27,28)(H,29,34)/t20?,22-/m1/s1. The molecule has 0 aliphatic carbocycles. The summed E-state index contributed by atoms with van der Waals surface area (Å²) in [4.78, 5) is 37.3. The molecule has 0 bridgehead atoms. The van der Waals surface area contributed by atoms with Gasteiger partial charge in [-0.1, -0.05) is 23.7 Å². The molecule has 8 nitrogen and oxygen atoms in total. The van der Waals surface area contributed by atoms with Crippen LogP contribution in [0, 0.1) is 0 Å². The van der Waals surface area contributed by atoms with Gasteiger partial charge in [-0.05, 0) is 43.1 Å². The highest BCUT2D eigenvalue weighted by Crippen LogP contribution is 2.32. The highest BCUT2D eigenvalue weighted by atomic mass is 35.5. The number of nitrogens with one attached hydrogen (secondary N) is 2. The number of aromatic amines is 1. The summed E-state index contributed by atoms with van der Waals surface area (Å²) < 4.78 is 1.83. The van der Waals surface area contributed by atoms with Gasteiger partial charge in [-0.25, -0.2) is 4.98 Å². The van der Waals surface area contributed by atoms with E-state index in [-0.39, 0.29) is 17.0 Å².